The molecule has 10 nitrogen and oxygen atoms in total. The highest BCUT2D eigenvalue weighted by molar-refractivity contribution is 5.95. The number of carbonyl (C=O) groups is 2. The Kier molecular flexibility index (Phi) is 10.3. The maximum absolute atomic E-state index is 13.8. The number of nitrogens with one attached hydrogen (secondary N) is 1. The first-order chi connectivity index (χ1) is 19.3. The molecule has 2 aromatic rings. The third-order valence-electron chi connectivity index (χ3n) is 7.64. The minimum Gasteiger partial charge on any atom is -0.493 e. The molecule has 0 unspecified atom stereocenters. The number of amides is 2. The molecular formula is C30H43N5O5. The third-order valence-corrected chi connectivity index (χ3v) is 7.64. The van der Waals surface area contributed by atoms with Crippen molar-refractivity contribution in [3.63, 3.8) is 0 Å². The molecule has 0 radical (unpaired) electrons. The first kappa shape index (κ1) is 29.7. The van der Waals surface area contributed by atoms with E-state index in [1.165, 1.54) is 0 Å². The van der Waals surface area contributed by atoms with Crippen LogP contribution in [0.3, 0.4) is 0 Å². The SMILES string of the molecule is COCCCOc1cc(C(=O)N(C[C@@H]2CNC[C@H]2CN(C(=O)c2cnc(C)cn2)C2CC2)C(C)C)ccc1OC. The molecule has 4 rings (SSSR count). The fraction of sp³-hybridized carbons (Fsp3) is 0.600. The predicted octanol–water partition coefficient (Wildman–Crippen LogP) is 3.20. The lowest BCUT2D eigenvalue weighted by Gasteiger charge is -2.33. The van der Waals surface area contributed by atoms with E-state index in [1.807, 2.05) is 30.6 Å². The van der Waals surface area contributed by atoms with E-state index in [0.29, 0.717) is 49.1 Å². The fourth-order valence-electron chi connectivity index (χ4n) is 5.16. The Morgan fingerprint density at radius 1 is 1.00 bits per heavy atom. The van der Waals surface area contributed by atoms with E-state index in [1.54, 1.807) is 44.8 Å². The van der Waals surface area contributed by atoms with Gasteiger partial charge in [-0.25, -0.2) is 4.98 Å². The number of hydrogen-bond donors (Lipinski definition) is 1. The van der Waals surface area contributed by atoms with Gasteiger partial charge in [-0.3, -0.25) is 14.6 Å². The lowest BCUT2D eigenvalue weighted by atomic mass is 9.93. The van der Waals surface area contributed by atoms with Crippen molar-refractivity contribution in [2.75, 3.05) is 53.6 Å². The van der Waals surface area contributed by atoms with Gasteiger partial charge in [0.05, 0.1) is 25.6 Å². The molecule has 1 saturated carbocycles. The van der Waals surface area contributed by atoms with Crippen LogP contribution in [-0.4, -0.2) is 97.3 Å². The van der Waals surface area contributed by atoms with Crippen molar-refractivity contribution in [1.29, 1.82) is 0 Å². The van der Waals surface area contributed by atoms with Crippen molar-refractivity contribution >= 4 is 11.8 Å². The number of benzene rings is 1. The fourth-order valence-corrected chi connectivity index (χ4v) is 5.16. The zero-order valence-corrected chi connectivity index (χ0v) is 24.4. The van der Waals surface area contributed by atoms with E-state index in [2.05, 4.69) is 15.3 Å². The summed E-state index contributed by atoms with van der Waals surface area (Å²) in [6.07, 6.45) is 5.98. The monoisotopic (exact) mass is 553 g/mol. The van der Waals surface area contributed by atoms with Crippen molar-refractivity contribution < 1.29 is 23.8 Å². The lowest BCUT2D eigenvalue weighted by molar-refractivity contribution is 0.0610. The van der Waals surface area contributed by atoms with Gasteiger partial charge < -0.3 is 29.3 Å². The number of rotatable bonds is 14. The molecule has 2 aliphatic rings. The molecule has 1 N–H and O–H groups in total. The van der Waals surface area contributed by atoms with Gasteiger partial charge in [-0.05, 0) is 63.6 Å². The summed E-state index contributed by atoms with van der Waals surface area (Å²) in [6.45, 7) is 9.85. The molecule has 0 bridgehead atoms. The van der Waals surface area contributed by atoms with E-state index >= 15 is 0 Å². The number of ether oxygens (including phenoxy) is 3. The average molecular weight is 554 g/mol. The van der Waals surface area contributed by atoms with Crippen LogP contribution in [0.15, 0.2) is 30.6 Å². The predicted molar refractivity (Wildman–Crippen MR) is 152 cm³/mol. The van der Waals surface area contributed by atoms with Crippen LogP contribution < -0.4 is 14.8 Å². The van der Waals surface area contributed by atoms with Crippen molar-refractivity contribution in [2.24, 2.45) is 11.8 Å². The van der Waals surface area contributed by atoms with Crippen molar-refractivity contribution in [3.05, 3.63) is 47.5 Å². The van der Waals surface area contributed by atoms with Crippen molar-refractivity contribution in [3.8, 4) is 11.5 Å². The number of methoxy groups -OCH3 is 2. The smallest absolute Gasteiger partial charge is 0.274 e. The van der Waals surface area contributed by atoms with Crippen LogP contribution in [0.1, 0.15) is 59.7 Å². The maximum Gasteiger partial charge on any atom is 0.274 e. The Morgan fingerprint density at radius 2 is 1.75 bits per heavy atom. The Bertz CT molecular complexity index is 1140. The summed E-state index contributed by atoms with van der Waals surface area (Å²) in [4.78, 5) is 39.6. The summed E-state index contributed by atoms with van der Waals surface area (Å²) in [6, 6.07) is 5.60. The van der Waals surface area contributed by atoms with Crippen LogP contribution in [-0.2, 0) is 4.74 Å². The van der Waals surface area contributed by atoms with E-state index in [4.69, 9.17) is 14.2 Å². The Labute approximate surface area is 237 Å². The van der Waals surface area contributed by atoms with Gasteiger partial charge in [-0.1, -0.05) is 0 Å². The molecule has 1 saturated heterocycles. The quantitative estimate of drug-likeness (QED) is 0.356. The van der Waals surface area contributed by atoms with Gasteiger partial charge in [-0.15, -0.1) is 0 Å². The van der Waals surface area contributed by atoms with E-state index in [-0.39, 0.29) is 35.7 Å². The minimum absolute atomic E-state index is 0.00548. The van der Waals surface area contributed by atoms with Gasteiger partial charge in [0.2, 0.25) is 0 Å². The third kappa shape index (κ3) is 7.48. The number of aromatic nitrogens is 2. The molecule has 2 heterocycles. The number of nitrogens with zero attached hydrogens (tertiary/aromatic N) is 4. The molecular weight excluding hydrogens is 510 g/mol. The zero-order chi connectivity index (χ0) is 28.6. The standard InChI is InChI=1S/C30H43N5O5/c1-20(2)34(29(36)22-7-10-27(39-5)28(13-22)40-12-6-11-38-4)18-23-15-31-16-24(23)19-35(25-8-9-25)30(37)26-17-32-21(3)14-33-26/h7,10,13-14,17,20,23-25,31H,6,8-9,11-12,15-16,18-19H2,1-5H3/t23-,24-/m0/s1. The summed E-state index contributed by atoms with van der Waals surface area (Å²) in [5, 5.41) is 3.50. The molecule has 0 spiro atoms. The molecule has 2 amide bonds. The topological polar surface area (TPSA) is 106 Å². The van der Waals surface area contributed by atoms with E-state index in [9.17, 15) is 9.59 Å². The molecule has 1 aromatic carbocycles. The summed E-state index contributed by atoms with van der Waals surface area (Å²) in [5.41, 5.74) is 1.74. The maximum atomic E-state index is 13.8. The van der Waals surface area contributed by atoms with Crippen molar-refractivity contribution in [2.45, 2.75) is 52.1 Å². The highest BCUT2D eigenvalue weighted by Crippen LogP contribution is 2.32. The Balaban J connectivity index is 1.45. The van der Waals surface area contributed by atoms with Gasteiger partial charge in [0.1, 0.15) is 5.69 Å². The molecule has 1 aliphatic heterocycles. The van der Waals surface area contributed by atoms with Gasteiger partial charge >= 0.3 is 0 Å². The van der Waals surface area contributed by atoms with E-state index < -0.39 is 0 Å². The van der Waals surface area contributed by atoms with Crippen LogP contribution in [0.4, 0.5) is 0 Å². The van der Waals surface area contributed by atoms with Crippen LogP contribution in [0.25, 0.3) is 0 Å². The summed E-state index contributed by atoms with van der Waals surface area (Å²) in [5.74, 6) is 1.48. The lowest BCUT2D eigenvalue weighted by Crippen LogP contribution is -2.45. The summed E-state index contributed by atoms with van der Waals surface area (Å²) < 4.78 is 16.5. The highest BCUT2D eigenvalue weighted by Gasteiger charge is 2.39. The molecule has 2 fully saturated rings. The van der Waals surface area contributed by atoms with Gasteiger partial charge in [0.15, 0.2) is 11.5 Å². The van der Waals surface area contributed by atoms with Gasteiger partial charge in [0.25, 0.3) is 11.8 Å². The van der Waals surface area contributed by atoms with Crippen LogP contribution in [0, 0.1) is 18.8 Å². The normalized spacial score (nSPS) is 18.6. The molecule has 218 valence electrons. The average Bonchev–Trinajstić information content (AvgIpc) is 3.70. The molecule has 40 heavy (non-hydrogen) atoms. The van der Waals surface area contributed by atoms with Gasteiger partial charge in [0, 0.05) is 70.2 Å². The summed E-state index contributed by atoms with van der Waals surface area (Å²) in [7, 11) is 3.25. The number of carbonyl (C=O) groups excluding carboxylic acids is 2. The second kappa shape index (κ2) is 13.9. The Hall–Kier alpha value is -3.24. The van der Waals surface area contributed by atoms with Gasteiger partial charge in [-0.2, -0.15) is 0 Å². The van der Waals surface area contributed by atoms with Crippen molar-refractivity contribution in [1.82, 2.24) is 25.1 Å². The molecule has 10 heteroatoms. The van der Waals surface area contributed by atoms with E-state index in [0.717, 1.165) is 38.0 Å². The number of aryl methyl sites for hydroxylation is 1. The second-order valence-corrected chi connectivity index (χ2v) is 11.0. The van der Waals surface area contributed by atoms with Crippen LogP contribution >= 0.6 is 0 Å². The zero-order valence-electron chi connectivity index (χ0n) is 24.4. The highest BCUT2D eigenvalue weighted by atomic mass is 16.5. The largest absolute Gasteiger partial charge is 0.493 e. The molecule has 2 atom stereocenters. The minimum atomic E-state index is -0.0614. The first-order valence-electron chi connectivity index (χ1n) is 14.2. The second-order valence-electron chi connectivity index (χ2n) is 11.0. The summed E-state index contributed by atoms with van der Waals surface area (Å²) >= 11 is 0. The van der Waals surface area contributed by atoms with Crippen LogP contribution in [0.2, 0.25) is 0 Å². The number of hydrogen-bond acceptors (Lipinski definition) is 8. The first-order valence-corrected chi connectivity index (χ1v) is 14.2. The molecule has 1 aromatic heterocycles. The van der Waals surface area contributed by atoms with Crippen LogP contribution in [0.5, 0.6) is 11.5 Å². The Morgan fingerprint density at radius 3 is 2.38 bits per heavy atom. The molecule has 1 aliphatic carbocycles.